The quantitative estimate of drug-likeness (QED) is 0.780. The van der Waals surface area contributed by atoms with Crippen molar-refractivity contribution in [3.05, 3.63) is 28.2 Å². The Bertz CT molecular complexity index is 463. The lowest BCUT2D eigenvalue weighted by Crippen LogP contribution is -2.41. The van der Waals surface area contributed by atoms with Crippen LogP contribution in [0.4, 0.5) is 5.69 Å². The number of benzene rings is 1. The predicted molar refractivity (Wildman–Crippen MR) is 86.7 cm³/mol. The van der Waals surface area contributed by atoms with Crippen LogP contribution in [-0.2, 0) is 0 Å². The number of hydrogen-bond acceptors (Lipinski definition) is 3. The summed E-state index contributed by atoms with van der Waals surface area (Å²) in [6, 6.07) is 6.60. The van der Waals surface area contributed by atoms with Gasteiger partial charge in [0, 0.05) is 29.2 Å². The Morgan fingerprint density at radius 2 is 2.21 bits per heavy atom. The number of aliphatic hydroxyl groups is 1. The highest BCUT2D eigenvalue weighted by Gasteiger charge is 2.26. The van der Waals surface area contributed by atoms with Gasteiger partial charge in [0.15, 0.2) is 0 Å². The first kappa shape index (κ1) is 14.8. The Hall–Kier alpha value is -0.650. The summed E-state index contributed by atoms with van der Waals surface area (Å²) in [6.07, 6.45) is 4.55. The Morgan fingerprint density at radius 3 is 2.68 bits per heavy atom. The molecule has 3 N–H and O–H groups in total. The SMILES string of the molecule is NC(=S)c1ccc(N(CCCO)C2CCC2)c(Br)c1. The van der Waals surface area contributed by atoms with Gasteiger partial charge in [0.25, 0.3) is 0 Å². The highest BCUT2D eigenvalue weighted by atomic mass is 79.9. The lowest BCUT2D eigenvalue weighted by Gasteiger charge is -2.40. The molecule has 1 aromatic rings. The number of halogens is 1. The molecular weight excluding hydrogens is 324 g/mol. The molecule has 1 aliphatic carbocycles. The van der Waals surface area contributed by atoms with Crippen LogP contribution in [-0.4, -0.2) is 29.3 Å². The molecule has 0 unspecified atom stereocenters. The summed E-state index contributed by atoms with van der Waals surface area (Å²) >= 11 is 8.61. The van der Waals surface area contributed by atoms with Crippen molar-refractivity contribution in [1.29, 1.82) is 0 Å². The molecule has 0 amide bonds. The van der Waals surface area contributed by atoms with Gasteiger partial charge in [0.2, 0.25) is 0 Å². The Kier molecular flexibility index (Phi) is 5.19. The monoisotopic (exact) mass is 342 g/mol. The van der Waals surface area contributed by atoms with Crippen molar-refractivity contribution >= 4 is 38.8 Å². The van der Waals surface area contributed by atoms with Gasteiger partial charge in [0.1, 0.15) is 4.99 Å². The van der Waals surface area contributed by atoms with E-state index in [2.05, 4.69) is 26.9 Å². The van der Waals surface area contributed by atoms with Crippen molar-refractivity contribution in [2.24, 2.45) is 5.73 Å². The smallest absolute Gasteiger partial charge is 0.104 e. The molecule has 1 saturated carbocycles. The van der Waals surface area contributed by atoms with Crippen molar-refractivity contribution in [1.82, 2.24) is 0 Å². The molecule has 1 fully saturated rings. The van der Waals surface area contributed by atoms with Crippen LogP contribution in [0.15, 0.2) is 22.7 Å². The molecule has 0 aromatic heterocycles. The van der Waals surface area contributed by atoms with E-state index in [1.54, 1.807) is 0 Å². The van der Waals surface area contributed by atoms with E-state index in [1.807, 2.05) is 12.1 Å². The number of thiocarbonyl (C=S) groups is 1. The van der Waals surface area contributed by atoms with Crippen LogP contribution < -0.4 is 10.6 Å². The van der Waals surface area contributed by atoms with E-state index in [-0.39, 0.29) is 6.61 Å². The predicted octanol–water partition coefficient (Wildman–Crippen LogP) is 2.82. The number of anilines is 1. The summed E-state index contributed by atoms with van der Waals surface area (Å²) in [5.74, 6) is 0. The highest BCUT2D eigenvalue weighted by molar-refractivity contribution is 9.10. The van der Waals surface area contributed by atoms with Crippen molar-refractivity contribution in [3.8, 4) is 0 Å². The molecule has 3 nitrogen and oxygen atoms in total. The van der Waals surface area contributed by atoms with Crippen LogP contribution >= 0.6 is 28.1 Å². The number of hydrogen-bond donors (Lipinski definition) is 2. The average Bonchev–Trinajstić information content (AvgIpc) is 2.32. The lowest BCUT2D eigenvalue weighted by molar-refractivity contribution is 0.283. The molecule has 0 aliphatic heterocycles. The van der Waals surface area contributed by atoms with Crippen LogP contribution in [0.2, 0.25) is 0 Å². The summed E-state index contributed by atoms with van der Waals surface area (Å²) in [4.78, 5) is 2.80. The van der Waals surface area contributed by atoms with Gasteiger partial charge in [-0.05, 0) is 59.8 Å². The van der Waals surface area contributed by atoms with Gasteiger partial charge in [-0.1, -0.05) is 12.2 Å². The van der Waals surface area contributed by atoms with E-state index in [1.165, 1.54) is 19.3 Å². The first-order chi connectivity index (χ1) is 9.13. The van der Waals surface area contributed by atoms with Gasteiger partial charge in [-0.25, -0.2) is 0 Å². The number of rotatable bonds is 6. The average molecular weight is 343 g/mol. The van der Waals surface area contributed by atoms with Gasteiger partial charge in [-0.2, -0.15) is 0 Å². The summed E-state index contributed by atoms with van der Waals surface area (Å²) in [5, 5.41) is 9.05. The fourth-order valence-electron chi connectivity index (χ4n) is 2.33. The van der Waals surface area contributed by atoms with Gasteiger partial charge in [0.05, 0.1) is 5.69 Å². The molecule has 0 bridgehead atoms. The van der Waals surface area contributed by atoms with E-state index >= 15 is 0 Å². The second-order valence-electron chi connectivity index (χ2n) is 4.89. The largest absolute Gasteiger partial charge is 0.396 e. The fourth-order valence-corrected chi connectivity index (χ4v) is 3.07. The van der Waals surface area contributed by atoms with Crippen molar-refractivity contribution in [2.75, 3.05) is 18.1 Å². The van der Waals surface area contributed by atoms with Crippen LogP contribution in [0, 0.1) is 0 Å². The number of nitrogens with zero attached hydrogens (tertiary/aromatic N) is 1. The molecule has 5 heteroatoms. The van der Waals surface area contributed by atoms with Crippen molar-refractivity contribution < 1.29 is 5.11 Å². The zero-order valence-corrected chi connectivity index (χ0v) is 13.2. The Morgan fingerprint density at radius 1 is 1.47 bits per heavy atom. The minimum Gasteiger partial charge on any atom is -0.396 e. The molecule has 0 heterocycles. The summed E-state index contributed by atoms with van der Waals surface area (Å²) in [7, 11) is 0. The third-order valence-electron chi connectivity index (χ3n) is 3.61. The Labute approximate surface area is 127 Å². The standard InChI is InChI=1S/C14H19BrN2OS/c15-12-9-10(14(16)19)5-6-13(12)17(7-2-8-18)11-3-1-4-11/h5-6,9,11,18H,1-4,7-8H2,(H2,16,19). The normalized spacial score (nSPS) is 15.1. The molecule has 0 radical (unpaired) electrons. The second-order valence-corrected chi connectivity index (χ2v) is 6.18. The molecule has 0 saturated heterocycles. The minimum atomic E-state index is 0.228. The topological polar surface area (TPSA) is 49.5 Å². The van der Waals surface area contributed by atoms with E-state index in [0.717, 1.165) is 28.7 Å². The van der Waals surface area contributed by atoms with Crippen LogP contribution in [0.1, 0.15) is 31.2 Å². The molecule has 1 aromatic carbocycles. The van der Waals surface area contributed by atoms with Gasteiger partial charge in [-0.15, -0.1) is 0 Å². The maximum absolute atomic E-state index is 9.05. The van der Waals surface area contributed by atoms with E-state index in [0.29, 0.717) is 11.0 Å². The summed E-state index contributed by atoms with van der Waals surface area (Å²) in [6.45, 7) is 1.11. The molecule has 0 spiro atoms. The number of nitrogens with two attached hydrogens (primary N) is 1. The van der Waals surface area contributed by atoms with E-state index in [9.17, 15) is 0 Å². The molecule has 0 atom stereocenters. The number of aliphatic hydroxyl groups excluding tert-OH is 1. The molecule has 2 rings (SSSR count). The minimum absolute atomic E-state index is 0.228. The van der Waals surface area contributed by atoms with Gasteiger partial charge < -0.3 is 15.7 Å². The lowest BCUT2D eigenvalue weighted by atomic mass is 9.91. The highest BCUT2D eigenvalue weighted by Crippen LogP contribution is 2.34. The van der Waals surface area contributed by atoms with Crippen molar-refractivity contribution in [3.63, 3.8) is 0 Å². The van der Waals surface area contributed by atoms with Gasteiger partial charge in [-0.3, -0.25) is 0 Å². The van der Waals surface area contributed by atoms with E-state index < -0.39 is 0 Å². The first-order valence-electron chi connectivity index (χ1n) is 6.60. The fraction of sp³-hybridized carbons (Fsp3) is 0.500. The third-order valence-corrected chi connectivity index (χ3v) is 4.49. The molecule has 1 aliphatic rings. The second kappa shape index (κ2) is 6.68. The van der Waals surface area contributed by atoms with Crippen LogP contribution in [0.3, 0.4) is 0 Å². The van der Waals surface area contributed by atoms with Crippen molar-refractivity contribution in [2.45, 2.75) is 31.7 Å². The molecule has 104 valence electrons. The van der Waals surface area contributed by atoms with Crippen LogP contribution in [0.5, 0.6) is 0 Å². The molecule has 19 heavy (non-hydrogen) atoms. The maximum Gasteiger partial charge on any atom is 0.104 e. The third kappa shape index (κ3) is 3.46. The maximum atomic E-state index is 9.05. The zero-order valence-electron chi connectivity index (χ0n) is 10.8. The van der Waals surface area contributed by atoms with Crippen LogP contribution in [0.25, 0.3) is 0 Å². The zero-order chi connectivity index (χ0) is 13.8. The molecular formula is C14H19BrN2OS. The summed E-state index contributed by atoms with van der Waals surface area (Å²) in [5.41, 5.74) is 7.69. The van der Waals surface area contributed by atoms with E-state index in [4.69, 9.17) is 23.1 Å². The Balaban J connectivity index is 2.22. The summed E-state index contributed by atoms with van der Waals surface area (Å²) < 4.78 is 1.02. The van der Waals surface area contributed by atoms with Gasteiger partial charge >= 0.3 is 0 Å². The first-order valence-corrected chi connectivity index (χ1v) is 7.80.